The molecule has 1 aromatic heterocycles. The number of carbonyl (C=O) groups is 1. The van der Waals surface area contributed by atoms with Gasteiger partial charge in [-0.1, -0.05) is 30.3 Å². The summed E-state index contributed by atoms with van der Waals surface area (Å²) in [6, 6.07) is 14.2. The molecule has 0 unspecified atom stereocenters. The predicted octanol–water partition coefficient (Wildman–Crippen LogP) is 1.75. The number of anilines is 1. The molecule has 2 atom stereocenters. The maximum atomic E-state index is 12.4. The molecule has 132 valence electrons. The zero-order valence-electron chi connectivity index (χ0n) is 14.1. The second-order valence-corrected chi connectivity index (χ2v) is 6.23. The highest BCUT2D eigenvalue weighted by molar-refractivity contribution is 5.90. The third kappa shape index (κ3) is 3.02. The molecular weight excluding hydrogens is 332 g/mol. The van der Waals surface area contributed by atoms with E-state index >= 15 is 0 Å². The van der Waals surface area contributed by atoms with Crippen molar-refractivity contribution in [1.29, 1.82) is 0 Å². The summed E-state index contributed by atoms with van der Waals surface area (Å²) in [5.41, 5.74) is 3.36. The lowest BCUT2D eigenvalue weighted by molar-refractivity contribution is 0.144. The Labute approximate surface area is 149 Å². The standard InChI is InChI=1S/C18H18N6O2/c1-11-21-22-23-24(11)14-7-4-6-13(10-14)19-18(26)20-17-15-8-3-2-5-12(15)9-16(17)25/h2-8,10,16-17,25H,9H2,1H3,(H2,19,20,26)/t16-,17+/m1/s1. The lowest BCUT2D eigenvalue weighted by atomic mass is 10.1. The van der Waals surface area contributed by atoms with Crippen molar-refractivity contribution in [3.63, 3.8) is 0 Å². The molecule has 1 aliphatic rings. The van der Waals surface area contributed by atoms with Crippen LogP contribution in [-0.4, -0.2) is 37.4 Å². The molecule has 2 aromatic carbocycles. The number of aliphatic hydroxyl groups excluding tert-OH is 1. The van der Waals surface area contributed by atoms with Gasteiger partial charge in [0.1, 0.15) is 0 Å². The fourth-order valence-electron chi connectivity index (χ4n) is 3.24. The van der Waals surface area contributed by atoms with Crippen LogP contribution in [0.25, 0.3) is 5.69 Å². The van der Waals surface area contributed by atoms with Gasteiger partial charge in [-0.15, -0.1) is 5.10 Å². The highest BCUT2D eigenvalue weighted by atomic mass is 16.3. The maximum Gasteiger partial charge on any atom is 0.319 e. The Balaban J connectivity index is 1.48. The fourth-order valence-corrected chi connectivity index (χ4v) is 3.24. The first-order chi connectivity index (χ1) is 12.6. The van der Waals surface area contributed by atoms with E-state index in [1.54, 1.807) is 23.7 Å². The van der Waals surface area contributed by atoms with Crippen molar-refractivity contribution >= 4 is 11.7 Å². The average Bonchev–Trinajstić information content (AvgIpc) is 3.19. The summed E-state index contributed by atoms with van der Waals surface area (Å²) in [6.45, 7) is 1.80. The van der Waals surface area contributed by atoms with Gasteiger partial charge >= 0.3 is 6.03 Å². The molecule has 0 bridgehead atoms. The number of aliphatic hydroxyl groups is 1. The van der Waals surface area contributed by atoms with Crippen LogP contribution in [0.4, 0.5) is 10.5 Å². The van der Waals surface area contributed by atoms with Gasteiger partial charge in [-0.2, -0.15) is 4.68 Å². The van der Waals surface area contributed by atoms with Crippen molar-refractivity contribution in [2.75, 3.05) is 5.32 Å². The monoisotopic (exact) mass is 350 g/mol. The van der Waals surface area contributed by atoms with Crippen molar-refractivity contribution < 1.29 is 9.90 Å². The van der Waals surface area contributed by atoms with Gasteiger partial charge in [-0.05, 0) is 46.7 Å². The van der Waals surface area contributed by atoms with E-state index in [1.165, 1.54) is 0 Å². The quantitative estimate of drug-likeness (QED) is 0.667. The summed E-state index contributed by atoms with van der Waals surface area (Å²) in [5, 5.41) is 27.3. The number of carbonyl (C=O) groups excluding carboxylic acids is 1. The zero-order chi connectivity index (χ0) is 18.1. The van der Waals surface area contributed by atoms with Crippen molar-refractivity contribution in [3.8, 4) is 5.69 Å². The van der Waals surface area contributed by atoms with Crippen LogP contribution in [0, 0.1) is 6.92 Å². The van der Waals surface area contributed by atoms with Gasteiger partial charge in [0.25, 0.3) is 0 Å². The molecule has 0 aliphatic heterocycles. The Morgan fingerprint density at radius 2 is 2.08 bits per heavy atom. The summed E-state index contributed by atoms with van der Waals surface area (Å²) in [5.74, 6) is 0.650. The third-order valence-electron chi connectivity index (χ3n) is 4.46. The van der Waals surface area contributed by atoms with Gasteiger partial charge < -0.3 is 15.7 Å². The molecule has 3 N–H and O–H groups in total. The molecule has 0 fully saturated rings. The Morgan fingerprint density at radius 3 is 2.88 bits per heavy atom. The highest BCUT2D eigenvalue weighted by Crippen LogP contribution is 2.31. The largest absolute Gasteiger partial charge is 0.390 e. The summed E-state index contributed by atoms with van der Waals surface area (Å²) in [4.78, 5) is 12.4. The minimum atomic E-state index is -0.631. The molecule has 0 radical (unpaired) electrons. The number of benzene rings is 2. The van der Waals surface area contributed by atoms with Gasteiger partial charge in [0.15, 0.2) is 5.82 Å². The number of hydrogen-bond donors (Lipinski definition) is 3. The minimum Gasteiger partial charge on any atom is -0.390 e. The topological polar surface area (TPSA) is 105 Å². The second kappa shape index (κ2) is 6.57. The van der Waals surface area contributed by atoms with E-state index in [0.717, 1.165) is 16.8 Å². The summed E-state index contributed by atoms with van der Waals surface area (Å²) < 4.78 is 1.58. The van der Waals surface area contributed by atoms with E-state index in [1.807, 2.05) is 36.4 Å². The smallest absolute Gasteiger partial charge is 0.319 e. The van der Waals surface area contributed by atoms with Gasteiger partial charge in [0.2, 0.25) is 0 Å². The Hall–Kier alpha value is -3.26. The number of nitrogens with one attached hydrogen (secondary N) is 2. The number of rotatable bonds is 3. The van der Waals surface area contributed by atoms with E-state index in [0.29, 0.717) is 17.9 Å². The van der Waals surface area contributed by atoms with E-state index in [9.17, 15) is 9.90 Å². The van der Waals surface area contributed by atoms with Gasteiger partial charge in [-0.3, -0.25) is 0 Å². The van der Waals surface area contributed by atoms with E-state index in [2.05, 4.69) is 26.2 Å². The summed E-state index contributed by atoms with van der Waals surface area (Å²) >= 11 is 0. The van der Waals surface area contributed by atoms with Crippen LogP contribution in [-0.2, 0) is 6.42 Å². The summed E-state index contributed by atoms with van der Waals surface area (Å²) in [7, 11) is 0. The van der Waals surface area contributed by atoms with Gasteiger partial charge in [-0.25, -0.2) is 4.79 Å². The molecule has 0 saturated heterocycles. The number of urea groups is 1. The lowest BCUT2D eigenvalue weighted by Gasteiger charge is -2.18. The van der Waals surface area contributed by atoms with Crippen LogP contribution in [0.5, 0.6) is 0 Å². The fraction of sp³-hybridized carbons (Fsp3) is 0.222. The molecule has 0 spiro atoms. The third-order valence-corrected chi connectivity index (χ3v) is 4.46. The number of amides is 2. The number of hydrogen-bond acceptors (Lipinski definition) is 5. The Morgan fingerprint density at radius 1 is 1.23 bits per heavy atom. The maximum absolute atomic E-state index is 12.4. The molecule has 4 rings (SSSR count). The van der Waals surface area contributed by atoms with Crippen LogP contribution in [0.1, 0.15) is 23.0 Å². The van der Waals surface area contributed by atoms with E-state index in [-0.39, 0.29) is 6.03 Å². The normalized spacial score (nSPS) is 18.4. The molecule has 2 amide bonds. The number of aromatic nitrogens is 4. The first kappa shape index (κ1) is 16.2. The molecule has 1 aliphatic carbocycles. The first-order valence-corrected chi connectivity index (χ1v) is 8.30. The molecule has 8 nitrogen and oxygen atoms in total. The van der Waals surface area contributed by atoms with Crippen LogP contribution in [0.2, 0.25) is 0 Å². The molecule has 8 heteroatoms. The summed E-state index contributed by atoms with van der Waals surface area (Å²) in [6.07, 6.45) is -0.0943. The predicted molar refractivity (Wildman–Crippen MR) is 94.9 cm³/mol. The number of tetrazole rings is 1. The van der Waals surface area contributed by atoms with Gasteiger partial charge in [0.05, 0.1) is 17.8 Å². The van der Waals surface area contributed by atoms with Crippen LogP contribution < -0.4 is 10.6 Å². The zero-order valence-corrected chi connectivity index (χ0v) is 14.1. The first-order valence-electron chi connectivity index (χ1n) is 8.30. The van der Waals surface area contributed by atoms with Crippen LogP contribution >= 0.6 is 0 Å². The lowest BCUT2D eigenvalue weighted by Crippen LogP contribution is -2.36. The van der Waals surface area contributed by atoms with Crippen LogP contribution in [0.15, 0.2) is 48.5 Å². The van der Waals surface area contributed by atoms with Crippen molar-refractivity contribution in [1.82, 2.24) is 25.5 Å². The van der Waals surface area contributed by atoms with Crippen molar-refractivity contribution in [2.45, 2.75) is 25.5 Å². The number of fused-ring (bicyclic) bond motifs is 1. The number of nitrogens with zero attached hydrogens (tertiary/aromatic N) is 4. The van der Waals surface area contributed by atoms with Crippen LogP contribution in [0.3, 0.4) is 0 Å². The highest BCUT2D eigenvalue weighted by Gasteiger charge is 2.31. The molecule has 0 saturated carbocycles. The second-order valence-electron chi connectivity index (χ2n) is 6.23. The average molecular weight is 350 g/mol. The Bertz CT molecular complexity index is 954. The molecule has 3 aromatic rings. The minimum absolute atomic E-state index is 0.378. The van der Waals surface area contributed by atoms with Crippen molar-refractivity contribution in [2.24, 2.45) is 0 Å². The Kier molecular flexibility index (Phi) is 4.10. The van der Waals surface area contributed by atoms with E-state index in [4.69, 9.17) is 0 Å². The van der Waals surface area contributed by atoms with Gasteiger partial charge in [0, 0.05) is 12.1 Å². The van der Waals surface area contributed by atoms with E-state index < -0.39 is 12.1 Å². The molecular formula is C18H18N6O2. The molecule has 1 heterocycles. The molecule has 26 heavy (non-hydrogen) atoms. The SMILES string of the molecule is Cc1nnnn1-c1cccc(NC(=O)N[C@H]2c3ccccc3C[C@H]2O)c1. The van der Waals surface area contributed by atoms with Crippen molar-refractivity contribution in [3.05, 3.63) is 65.5 Å². The number of aryl methyl sites for hydroxylation is 1.